The first kappa shape index (κ1) is 39.8. The number of esters is 4. The van der Waals surface area contributed by atoms with Crippen LogP contribution in [-0.2, 0) is 38.1 Å². The lowest BCUT2D eigenvalue weighted by molar-refractivity contribution is -0.156. The summed E-state index contributed by atoms with van der Waals surface area (Å²) < 4.78 is 21.5. The Morgan fingerprint density at radius 3 is 1.21 bits per heavy atom. The van der Waals surface area contributed by atoms with E-state index in [0.29, 0.717) is 5.30 Å². The third-order valence-corrected chi connectivity index (χ3v) is 12.3. The molecule has 0 fully saturated rings. The maximum absolute atomic E-state index is 14.8. The summed E-state index contributed by atoms with van der Waals surface area (Å²) in [5.74, 6) is -8.32. The minimum atomic E-state index is -1.93. The van der Waals surface area contributed by atoms with Gasteiger partial charge >= 0.3 is 23.9 Å². The third-order valence-electron chi connectivity index (χ3n) is 9.35. The van der Waals surface area contributed by atoms with Crippen LogP contribution in [0.4, 0.5) is 0 Å². The number of benzene rings is 4. The molecule has 292 valence electrons. The van der Waals surface area contributed by atoms with Gasteiger partial charge in [0.05, 0.1) is 39.2 Å². The minimum absolute atomic E-state index is 0.0477. The maximum atomic E-state index is 14.8. The maximum Gasteiger partial charge on any atom is 0.340 e. The molecule has 6 rings (SSSR count). The van der Waals surface area contributed by atoms with Crippen LogP contribution in [0.2, 0.25) is 0 Å². The van der Waals surface area contributed by atoms with Crippen molar-refractivity contribution in [1.82, 2.24) is 20.0 Å². The summed E-state index contributed by atoms with van der Waals surface area (Å²) in [6.07, 6.45) is 0. The van der Waals surface area contributed by atoms with Crippen molar-refractivity contribution in [2.24, 2.45) is 0 Å². The van der Waals surface area contributed by atoms with E-state index in [0.717, 1.165) is 28.4 Å². The number of aromatic nitrogens is 2. The zero-order valence-corrected chi connectivity index (χ0v) is 31.8. The van der Waals surface area contributed by atoms with Crippen molar-refractivity contribution in [3.63, 3.8) is 0 Å². The molecule has 4 aromatic carbocycles. The fourth-order valence-corrected chi connectivity index (χ4v) is 10.0. The Morgan fingerprint density at radius 2 is 0.842 bits per heavy atom. The zero-order valence-electron chi connectivity index (χ0n) is 30.9. The molecule has 0 bridgehead atoms. The largest absolute Gasteiger partial charge is 0.467 e. The van der Waals surface area contributed by atoms with Crippen LogP contribution in [0.1, 0.15) is 43.4 Å². The molecule has 1 aromatic heterocycles. The minimum Gasteiger partial charge on any atom is -0.467 e. The van der Waals surface area contributed by atoms with Gasteiger partial charge in [-0.2, -0.15) is 0 Å². The van der Waals surface area contributed by atoms with Gasteiger partial charge in [0.1, 0.15) is 11.6 Å². The standard InChI is InChI=1S/C40H35N4O12P/c1-53-37(49)29(38(50)54-2)41-31(45)23-16-8-12-20-27(23)35-43-33(47)25-18-10-11-19-26(25)34(48)44(43)36(57(35)22-14-6-5-7-15-22)28-21-13-9-17-24(28)32(46)42-30(39(51)55-3)40(52)56-4/h5-21,29-30,35-36H,1-4H3,(H,41,45)(H,42,46)/t35-,36-/m1/s1. The SMILES string of the molecule is COC(=O)C(NC(=O)c1ccccc1[C@@H]1n2c(=O)c3ccccc3c(=O)n2[C@@H](c2ccccc2C(=O)NC(C(=O)OC)C(=O)OC)P1c1ccccc1)C(=O)OC. The molecule has 5 aromatic rings. The molecule has 0 aliphatic carbocycles. The van der Waals surface area contributed by atoms with Crippen LogP contribution >= 0.6 is 7.92 Å². The van der Waals surface area contributed by atoms with Crippen LogP contribution < -0.4 is 27.1 Å². The molecule has 2 atom stereocenters. The lowest BCUT2D eigenvalue weighted by Crippen LogP contribution is -2.48. The fourth-order valence-electron chi connectivity index (χ4n) is 6.75. The van der Waals surface area contributed by atoms with Gasteiger partial charge in [-0.15, -0.1) is 0 Å². The summed E-state index contributed by atoms with van der Waals surface area (Å²) >= 11 is 0. The van der Waals surface area contributed by atoms with Gasteiger partial charge in [0.2, 0.25) is 12.1 Å². The van der Waals surface area contributed by atoms with Crippen molar-refractivity contribution >= 4 is 59.7 Å². The number of ether oxygens (including phenoxy) is 4. The van der Waals surface area contributed by atoms with Crippen LogP contribution in [0.5, 0.6) is 0 Å². The topological polar surface area (TPSA) is 207 Å². The summed E-state index contributed by atoms with van der Waals surface area (Å²) in [5, 5.41) is 5.60. The van der Waals surface area contributed by atoms with Crippen LogP contribution in [0.3, 0.4) is 0 Å². The van der Waals surface area contributed by atoms with Gasteiger partial charge in [0, 0.05) is 11.1 Å². The Hall–Kier alpha value is -6.93. The molecule has 0 unspecified atom stereocenters. The Kier molecular flexibility index (Phi) is 11.7. The van der Waals surface area contributed by atoms with Crippen LogP contribution in [0.25, 0.3) is 10.8 Å². The summed E-state index contributed by atoms with van der Waals surface area (Å²) in [6, 6.07) is 23.9. The lowest BCUT2D eigenvalue weighted by Gasteiger charge is -2.27. The van der Waals surface area contributed by atoms with E-state index in [1.54, 1.807) is 78.9 Å². The highest BCUT2D eigenvalue weighted by Gasteiger charge is 2.47. The molecule has 0 radical (unpaired) electrons. The second kappa shape index (κ2) is 16.8. The van der Waals surface area contributed by atoms with Gasteiger partial charge in [0.25, 0.3) is 22.9 Å². The lowest BCUT2D eigenvalue weighted by atomic mass is 10.1. The average molecular weight is 795 g/mol. The van der Waals surface area contributed by atoms with Gasteiger partial charge in [-0.3, -0.25) is 19.2 Å². The van der Waals surface area contributed by atoms with Gasteiger partial charge in [-0.05, 0) is 48.6 Å². The monoisotopic (exact) mass is 794 g/mol. The molecule has 2 heterocycles. The van der Waals surface area contributed by atoms with Crippen LogP contribution in [0.15, 0.2) is 113 Å². The highest BCUT2D eigenvalue weighted by molar-refractivity contribution is 7.66. The van der Waals surface area contributed by atoms with E-state index in [2.05, 4.69) is 10.6 Å². The smallest absolute Gasteiger partial charge is 0.340 e. The summed E-state index contributed by atoms with van der Waals surface area (Å²) in [5.41, 5.74) is -0.787. The van der Waals surface area contributed by atoms with E-state index in [4.69, 9.17) is 18.9 Å². The van der Waals surface area contributed by atoms with Crippen LogP contribution in [-0.4, -0.2) is 85.6 Å². The molecular weight excluding hydrogens is 759 g/mol. The van der Waals surface area contributed by atoms with E-state index in [-0.39, 0.29) is 33.0 Å². The first-order chi connectivity index (χ1) is 27.5. The van der Waals surface area contributed by atoms with Crippen molar-refractivity contribution in [2.75, 3.05) is 28.4 Å². The second-order valence-corrected chi connectivity index (χ2v) is 14.7. The Bertz CT molecular complexity index is 2350. The number of carbonyl (C=O) groups is 6. The molecule has 17 heteroatoms. The number of carbonyl (C=O) groups excluding carboxylic acids is 6. The van der Waals surface area contributed by atoms with Gasteiger partial charge < -0.3 is 29.6 Å². The molecule has 1 aliphatic heterocycles. The van der Waals surface area contributed by atoms with E-state index in [9.17, 15) is 38.4 Å². The normalized spacial score (nSPS) is 14.8. The van der Waals surface area contributed by atoms with Gasteiger partial charge in [-0.25, -0.2) is 28.5 Å². The van der Waals surface area contributed by atoms with Crippen molar-refractivity contribution in [3.05, 3.63) is 146 Å². The molecule has 0 spiro atoms. The van der Waals surface area contributed by atoms with Crippen molar-refractivity contribution in [3.8, 4) is 0 Å². The summed E-state index contributed by atoms with van der Waals surface area (Å²) in [7, 11) is 2.23. The second-order valence-electron chi connectivity index (χ2n) is 12.4. The predicted octanol–water partition coefficient (Wildman–Crippen LogP) is 1.97. The first-order valence-corrected chi connectivity index (χ1v) is 18.7. The van der Waals surface area contributed by atoms with Gasteiger partial charge in [0.15, 0.2) is 0 Å². The molecule has 16 nitrogen and oxygen atoms in total. The van der Waals surface area contributed by atoms with E-state index >= 15 is 0 Å². The quantitative estimate of drug-likeness (QED) is 0.0852. The number of hydrogen-bond donors (Lipinski definition) is 2. The highest BCUT2D eigenvalue weighted by atomic mass is 31.1. The molecule has 2 N–H and O–H groups in total. The van der Waals surface area contributed by atoms with Crippen molar-refractivity contribution in [1.29, 1.82) is 0 Å². The average Bonchev–Trinajstić information content (AvgIpc) is 3.62. The Balaban J connectivity index is 1.64. The number of hydrogen-bond acceptors (Lipinski definition) is 12. The van der Waals surface area contributed by atoms with E-state index < -0.39 is 78.4 Å². The molecule has 1 aliphatic rings. The number of methoxy groups -OCH3 is 4. The van der Waals surface area contributed by atoms with Crippen molar-refractivity contribution < 1.29 is 47.7 Å². The molecule has 2 amide bonds. The predicted molar refractivity (Wildman–Crippen MR) is 205 cm³/mol. The first-order valence-electron chi connectivity index (χ1n) is 17.2. The number of rotatable bonds is 11. The van der Waals surface area contributed by atoms with E-state index in [1.165, 1.54) is 33.6 Å². The number of nitrogens with zero attached hydrogens (tertiary/aromatic N) is 2. The van der Waals surface area contributed by atoms with Gasteiger partial charge in [-0.1, -0.05) is 78.9 Å². The number of nitrogens with one attached hydrogen (secondary N) is 2. The molecule has 0 saturated heterocycles. The molecule has 0 saturated carbocycles. The molecule has 57 heavy (non-hydrogen) atoms. The summed E-state index contributed by atoms with van der Waals surface area (Å²) in [4.78, 5) is 108. The Labute approximate surface area is 325 Å². The highest BCUT2D eigenvalue weighted by Crippen LogP contribution is 2.65. The molecular formula is C40H35N4O12P. The summed E-state index contributed by atoms with van der Waals surface area (Å²) in [6.45, 7) is 0. The fraction of sp³-hybridized carbons (Fsp3) is 0.200. The van der Waals surface area contributed by atoms with E-state index in [1.807, 2.05) is 0 Å². The number of fused-ring (bicyclic) bond motifs is 2. The van der Waals surface area contributed by atoms with Crippen molar-refractivity contribution in [2.45, 2.75) is 23.6 Å². The Morgan fingerprint density at radius 1 is 0.509 bits per heavy atom. The number of amides is 2. The third kappa shape index (κ3) is 7.30. The zero-order chi connectivity index (χ0) is 41.0. The van der Waals surface area contributed by atoms with Crippen LogP contribution in [0, 0.1) is 0 Å².